The minimum Gasteiger partial charge on any atom is -0.495 e. The molecule has 1 aromatic rings. The van der Waals surface area contributed by atoms with Gasteiger partial charge in [0.05, 0.1) is 18.7 Å². The van der Waals surface area contributed by atoms with E-state index in [-0.39, 0.29) is 30.8 Å². The molecule has 0 aromatic heterocycles. The number of aryl methyl sites for hydroxylation is 1. The second kappa shape index (κ2) is 9.29. The number of anilines is 1. The SMILES string of the molecule is COc1ccc(C)cc1N1C[C@@H](C(=O)O[C@H](C)C(=O)NC2CCCCC2)CC1=O. The van der Waals surface area contributed by atoms with Crippen LogP contribution in [-0.4, -0.2) is 43.6 Å². The van der Waals surface area contributed by atoms with Gasteiger partial charge in [0.25, 0.3) is 5.91 Å². The summed E-state index contributed by atoms with van der Waals surface area (Å²) in [4.78, 5) is 39.0. The van der Waals surface area contributed by atoms with Crippen molar-refractivity contribution in [3.63, 3.8) is 0 Å². The van der Waals surface area contributed by atoms with E-state index in [2.05, 4.69) is 5.32 Å². The van der Waals surface area contributed by atoms with E-state index in [0.29, 0.717) is 11.4 Å². The number of nitrogens with zero attached hydrogens (tertiary/aromatic N) is 1. The fraction of sp³-hybridized carbons (Fsp3) is 0.591. The number of hydrogen-bond donors (Lipinski definition) is 1. The zero-order chi connectivity index (χ0) is 21.0. The molecular formula is C22H30N2O5. The molecule has 1 aliphatic carbocycles. The van der Waals surface area contributed by atoms with E-state index in [9.17, 15) is 14.4 Å². The van der Waals surface area contributed by atoms with Crippen molar-refractivity contribution in [2.45, 2.75) is 64.5 Å². The predicted molar refractivity (Wildman–Crippen MR) is 109 cm³/mol. The Morgan fingerprint density at radius 1 is 1.21 bits per heavy atom. The Balaban J connectivity index is 1.58. The van der Waals surface area contributed by atoms with Gasteiger partial charge in [0, 0.05) is 19.0 Å². The fourth-order valence-corrected chi connectivity index (χ4v) is 4.00. The third kappa shape index (κ3) is 5.08. The Morgan fingerprint density at radius 2 is 1.93 bits per heavy atom. The third-order valence-electron chi connectivity index (χ3n) is 5.70. The molecule has 158 valence electrons. The lowest BCUT2D eigenvalue weighted by atomic mass is 9.95. The number of nitrogens with one attached hydrogen (secondary N) is 1. The lowest BCUT2D eigenvalue weighted by molar-refractivity contribution is -0.158. The normalized spacial score (nSPS) is 21.0. The highest BCUT2D eigenvalue weighted by Gasteiger charge is 2.38. The van der Waals surface area contributed by atoms with Crippen molar-refractivity contribution in [3.05, 3.63) is 23.8 Å². The van der Waals surface area contributed by atoms with Gasteiger partial charge in [0.1, 0.15) is 5.75 Å². The number of rotatable bonds is 6. The summed E-state index contributed by atoms with van der Waals surface area (Å²) < 4.78 is 10.8. The average Bonchev–Trinajstić information content (AvgIpc) is 3.10. The number of esters is 1. The van der Waals surface area contributed by atoms with Gasteiger partial charge in [-0.25, -0.2) is 0 Å². The van der Waals surface area contributed by atoms with E-state index in [1.165, 1.54) is 6.42 Å². The maximum Gasteiger partial charge on any atom is 0.312 e. The summed E-state index contributed by atoms with van der Waals surface area (Å²) >= 11 is 0. The molecule has 1 aromatic carbocycles. The second-order valence-electron chi connectivity index (χ2n) is 8.00. The number of carbonyl (C=O) groups excluding carboxylic acids is 3. The Bertz CT molecular complexity index is 772. The molecule has 1 heterocycles. The number of amides is 2. The highest BCUT2D eigenvalue weighted by Crippen LogP contribution is 2.34. The summed E-state index contributed by atoms with van der Waals surface area (Å²) in [6, 6.07) is 5.74. The summed E-state index contributed by atoms with van der Waals surface area (Å²) in [6.45, 7) is 3.73. The van der Waals surface area contributed by atoms with Crippen molar-refractivity contribution in [1.82, 2.24) is 5.32 Å². The van der Waals surface area contributed by atoms with Crippen LogP contribution in [-0.2, 0) is 19.1 Å². The van der Waals surface area contributed by atoms with Gasteiger partial charge in [0.2, 0.25) is 5.91 Å². The molecule has 0 radical (unpaired) electrons. The van der Waals surface area contributed by atoms with Gasteiger partial charge in [-0.2, -0.15) is 0 Å². The fourth-order valence-electron chi connectivity index (χ4n) is 4.00. The Labute approximate surface area is 171 Å². The van der Waals surface area contributed by atoms with E-state index < -0.39 is 18.0 Å². The zero-order valence-electron chi connectivity index (χ0n) is 17.4. The van der Waals surface area contributed by atoms with Gasteiger partial charge in [-0.3, -0.25) is 14.4 Å². The van der Waals surface area contributed by atoms with E-state index in [1.807, 2.05) is 19.1 Å². The molecular weight excluding hydrogens is 372 g/mol. The monoisotopic (exact) mass is 402 g/mol. The second-order valence-corrected chi connectivity index (χ2v) is 8.00. The molecule has 1 aliphatic heterocycles. The maximum atomic E-state index is 12.6. The first kappa shape index (κ1) is 21.1. The third-order valence-corrected chi connectivity index (χ3v) is 5.70. The zero-order valence-corrected chi connectivity index (χ0v) is 17.4. The van der Waals surface area contributed by atoms with Crippen LogP contribution in [0, 0.1) is 12.8 Å². The summed E-state index contributed by atoms with van der Waals surface area (Å²) in [5.74, 6) is -0.962. The topological polar surface area (TPSA) is 84.9 Å². The smallest absolute Gasteiger partial charge is 0.312 e. The Kier molecular flexibility index (Phi) is 6.77. The Hall–Kier alpha value is -2.57. The average molecular weight is 402 g/mol. The van der Waals surface area contributed by atoms with Crippen LogP contribution in [0.2, 0.25) is 0 Å². The molecule has 2 atom stereocenters. The molecule has 2 fully saturated rings. The van der Waals surface area contributed by atoms with Crippen molar-refractivity contribution in [2.24, 2.45) is 5.92 Å². The molecule has 0 spiro atoms. The molecule has 0 bridgehead atoms. The molecule has 29 heavy (non-hydrogen) atoms. The summed E-state index contributed by atoms with van der Waals surface area (Å²) in [7, 11) is 1.55. The predicted octanol–water partition coefficient (Wildman–Crippen LogP) is 2.74. The van der Waals surface area contributed by atoms with Crippen LogP contribution in [0.5, 0.6) is 5.75 Å². The van der Waals surface area contributed by atoms with Crippen LogP contribution in [0.25, 0.3) is 0 Å². The maximum absolute atomic E-state index is 12.6. The molecule has 2 amide bonds. The van der Waals surface area contributed by atoms with Gasteiger partial charge in [-0.1, -0.05) is 25.3 Å². The van der Waals surface area contributed by atoms with Crippen molar-refractivity contribution >= 4 is 23.5 Å². The minimum atomic E-state index is -0.873. The van der Waals surface area contributed by atoms with Gasteiger partial charge < -0.3 is 19.7 Å². The first-order valence-corrected chi connectivity index (χ1v) is 10.3. The molecule has 7 nitrogen and oxygen atoms in total. The molecule has 2 aliphatic rings. The van der Waals surface area contributed by atoms with E-state index >= 15 is 0 Å². The molecule has 7 heteroatoms. The highest BCUT2D eigenvalue weighted by atomic mass is 16.5. The number of hydrogen-bond acceptors (Lipinski definition) is 5. The lowest BCUT2D eigenvalue weighted by Gasteiger charge is -2.24. The van der Waals surface area contributed by atoms with Crippen LogP contribution in [0.1, 0.15) is 51.0 Å². The van der Waals surface area contributed by atoms with Crippen LogP contribution >= 0.6 is 0 Å². The number of benzene rings is 1. The van der Waals surface area contributed by atoms with Crippen LogP contribution < -0.4 is 15.0 Å². The van der Waals surface area contributed by atoms with Gasteiger partial charge in [0.15, 0.2) is 6.10 Å². The Morgan fingerprint density at radius 3 is 2.62 bits per heavy atom. The lowest BCUT2D eigenvalue weighted by Crippen LogP contribution is -2.43. The molecule has 1 saturated heterocycles. The summed E-state index contributed by atoms with van der Waals surface area (Å²) in [5, 5.41) is 2.97. The summed E-state index contributed by atoms with van der Waals surface area (Å²) in [6.07, 6.45) is 4.56. The molecule has 1 N–H and O–H groups in total. The van der Waals surface area contributed by atoms with E-state index in [1.54, 1.807) is 25.0 Å². The number of methoxy groups -OCH3 is 1. The molecule has 1 saturated carbocycles. The van der Waals surface area contributed by atoms with Crippen molar-refractivity contribution in [2.75, 3.05) is 18.6 Å². The molecule has 3 rings (SSSR count). The van der Waals surface area contributed by atoms with Crippen LogP contribution in [0.4, 0.5) is 5.69 Å². The van der Waals surface area contributed by atoms with Crippen molar-refractivity contribution < 1.29 is 23.9 Å². The van der Waals surface area contributed by atoms with Crippen molar-refractivity contribution in [1.29, 1.82) is 0 Å². The quantitative estimate of drug-likeness (QED) is 0.740. The minimum absolute atomic E-state index is 0.0624. The van der Waals surface area contributed by atoms with E-state index in [4.69, 9.17) is 9.47 Å². The number of carbonyl (C=O) groups is 3. The number of ether oxygens (including phenoxy) is 2. The van der Waals surface area contributed by atoms with Gasteiger partial charge >= 0.3 is 5.97 Å². The summed E-state index contributed by atoms with van der Waals surface area (Å²) in [5.41, 5.74) is 1.64. The van der Waals surface area contributed by atoms with E-state index in [0.717, 1.165) is 31.2 Å². The van der Waals surface area contributed by atoms with Gasteiger partial charge in [-0.05, 0) is 44.4 Å². The highest BCUT2D eigenvalue weighted by molar-refractivity contribution is 6.00. The first-order chi connectivity index (χ1) is 13.9. The largest absolute Gasteiger partial charge is 0.495 e. The van der Waals surface area contributed by atoms with Crippen LogP contribution in [0.3, 0.4) is 0 Å². The van der Waals surface area contributed by atoms with Crippen LogP contribution in [0.15, 0.2) is 18.2 Å². The standard InChI is InChI=1S/C22H30N2O5/c1-14-9-10-19(28-3)18(11-14)24-13-16(12-20(24)25)22(27)29-15(2)21(26)23-17-7-5-4-6-8-17/h9-11,15-17H,4-8,12-13H2,1-3H3,(H,23,26)/t15-,16+/m1/s1. The van der Waals surface area contributed by atoms with Crippen molar-refractivity contribution in [3.8, 4) is 5.75 Å². The first-order valence-electron chi connectivity index (χ1n) is 10.3. The molecule has 0 unspecified atom stereocenters. The van der Waals surface area contributed by atoms with Gasteiger partial charge in [-0.15, -0.1) is 0 Å².